The van der Waals surface area contributed by atoms with Crippen LogP contribution < -0.4 is 5.32 Å². The largest absolute Gasteiger partial charge is 0.383 e. The summed E-state index contributed by atoms with van der Waals surface area (Å²) in [6.45, 7) is 4.62. The molecule has 0 saturated carbocycles. The first-order chi connectivity index (χ1) is 11.3. The Morgan fingerprint density at radius 1 is 1.57 bits per heavy atom. The number of nitrogens with one attached hydrogen (secondary N) is 1. The minimum atomic E-state index is 0.0460. The van der Waals surface area contributed by atoms with Crippen molar-refractivity contribution in [1.82, 2.24) is 15.2 Å². The van der Waals surface area contributed by atoms with Crippen molar-refractivity contribution < 1.29 is 14.3 Å². The van der Waals surface area contributed by atoms with Crippen LogP contribution in [0.2, 0.25) is 0 Å². The van der Waals surface area contributed by atoms with Crippen molar-refractivity contribution in [3.63, 3.8) is 0 Å². The Balaban J connectivity index is 1.59. The zero-order valence-corrected chi connectivity index (χ0v) is 14.4. The molecule has 1 N–H and O–H groups in total. The summed E-state index contributed by atoms with van der Waals surface area (Å²) in [5.74, 6) is 0.473. The van der Waals surface area contributed by atoms with Gasteiger partial charge in [0.25, 0.3) is 0 Å². The lowest BCUT2D eigenvalue weighted by Gasteiger charge is -2.44. The molecule has 1 amide bonds. The molecule has 0 unspecified atom stereocenters. The highest BCUT2D eigenvalue weighted by Gasteiger charge is 2.41. The van der Waals surface area contributed by atoms with Gasteiger partial charge in [0.1, 0.15) is 5.01 Å². The molecule has 2 saturated heterocycles. The van der Waals surface area contributed by atoms with Gasteiger partial charge < -0.3 is 14.8 Å². The van der Waals surface area contributed by atoms with Gasteiger partial charge in [0, 0.05) is 56.8 Å². The predicted molar refractivity (Wildman–Crippen MR) is 88.2 cm³/mol. The van der Waals surface area contributed by atoms with Gasteiger partial charge in [-0.05, 0) is 12.8 Å². The lowest BCUT2D eigenvalue weighted by Crippen LogP contribution is -2.53. The highest BCUT2D eigenvalue weighted by Crippen LogP contribution is 2.33. The second kappa shape index (κ2) is 8.19. The van der Waals surface area contributed by atoms with E-state index in [4.69, 9.17) is 9.47 Å². The summed E-state index contributed by atoms with van der Waals surface area (Å²) in [6, 6.07) is 0. The van der Waals surface area contributed by atoms with E-state index in [0.717, 1.165) is 37.5 Å². The molecule has 23 heavy (non-hydrogen) atoms. The van der Waals surface area contributed by atoms with Crippen molar-refractivity contribution in [2.24, 2.45) is 11.8 Å². The van der Waals surface area contributed by atoms with E-state index in [1.807, 2.05) is 11.6 Å². The number of methoxy groups -OCH3 is 1. The van der Waals surface area contributed by atoms with Gasteiger partial charge >= 0.3 is 0 Å². The standard InChI is InChI=1S/C16H25N3O3S/c1-21-8-4-18-16(20)12-3-7-22-14-2-6-19(10-13(12)14)11-15-17-5-9-23-15/h5,9,12-14H,2-4,6-8,10-11H2,1H3,(H,18,20)/t12-,13-,14-/m1/s1. The average Bonchev–Trinajstić information content (AvgIpc) is 3.07. The van der Waals surface area contributed by atoms with Crippen molar-refractivity contribution in [3.8, 4) is 0 Å². The second-order valence-corrected chi connectivity index (χ2v) is 7.18. The van der Waals surface area contributed by atoms with Crippen LogP contribution in [0.15, 0.2) is 11.6 Å². The zero-order valence-electron chi connectivity index (χ0n) is 13.6. The van der Waals surface area contributed by atoms with Gasteiger partial charge in [-0.2, -0.15) is 0 Å². The minimum Gasteiger partial charge on any atom is -0.383 e. The molecule has 0 aromatic carbocycles. The summed E-state index contributed by atoms with van der Waals surface area (Å²) >= 11 is 1.69. The summed E-state index contributed by atoms with van der Waals surface area (Å²) in [4.78, 5) is 19.3. The maximum Gasteiger partial charge on any atom is 0.223 e. The number of hydrogen-bond acceptors (Lipinski definition) is 6. The number of carbonyl (C=O) groups is 1. The van der Waals surface area contributed by atoms with Gasteiger partial charge in [-0.1, -0.05) is 0 Å². The molecule has 2 fully saturated rings. The molecule has 3 heterocycles. The van der Waals surface area contributed by atoms with E-state index in [9.17, 15) is 4.79 Å². The van der Waals surface area contributed by atoms with Crippen LogP contribution in [0, 0.1) is 11.8 Å². The number of carbonyl (C=O) groups excluding carboxylic acids is 1. The fourth-order valence-electron chi connectivity index (χ4n) is 3.58. The molecular formula is C16H25N3O3S. The number of fused-ring (bicyclic) bond motifs is 1. The summed E-state index contributed by atoms with van der Waals surface area (Å²) in [5, 5.41) is 6.15. The van der Waals surface area contributed by atoms with Gasteiger partial charge in [0.2, 0.25) is 5.91 Å². The van der Waals surface area contributed by atoms with Crippen LogP contribution in [-0.2, 0) is 20.8 Å². The van der Waals surface area contributed by atoms with Crippen LogP contribution in [0.4, 0.5) is 0 Å². The summed E-state index contributed by atoms with van der Waals surface area (Å²) in [6.07, 6.45) is 3.88. The van der Waals surface area contributed by atoms with E-state index in [-0.39, 0.29) is 23.8 Å². The molecule has 128 valence electrons. The third-order valence-corrected chi connectivity index (χ3v) is 5.50. The second-order valence-electron chi connectivity index (χ2n) is 6.20. The Labute approximate surface area is 141 Å². The molecule has 3 rings (SSSR count). The van der Waals surface area contributed by atoms with E-state index >= 15 is 0 Å². The SMILES string of the molecule is COCCNC(=O)[C@@H]1CCO[C@@H]2CCN(Cc3nccs3)C[C@@H]21. The first kappa shape index (κ1) is 16.8. The smallest absolute Gasteiger partial charge is 0.223 e. The third-order valence-electron chi connectivity index (χ3n) is 4.74. The summed E-state index contributed by atoms with van der Waals surface area (Å²) in [7, 11) is 1.65. The molecule has 0 spiro atoms. The first-order valence-electron chi connectivity index (χ1n) is 8.27. The topological polar surface area (TPSA) is 63.7 Å². The molecule has 0 aliphatic carbocycles. The molecule has 3 atom stereocenters. The highest BCUT2D eigenvalue weighted by atomic mass is 32.1. The number of likely N-dealkylation sites (tertiary alicyclic amines) is 1. The minimum absolute atomic E-state index is 0.0460. The lowest BCUT2D eigenvalue weighted by molar-refractivity contribution is -0.142. The van der Waals surface area contributed by atoms with Crippen LogP contribution in [0.25, 0.3) is 0 Å². The van der Waals surface area contributed by atoms with Crippen LogP contribution in [0.1, 0.15) is 17.8 Å². The monoisotopic (exact) mass is 339 g/mol. The number of hydrogen-bond donors (Lipinski definition) is 1. The van der Waals surface area contributed by atoms with Gasteiger partial charge in [-0.15, -0.1) is 11.3 Å². The fraction of sp³-hybridized carbons (Fsp3) is 0.750. The van der Waals surface area contributed by atoms with Crippen LogP contribution in [0.5, 0.6) is 0 Å². The number of nitrogens with zero attached hydrogens (tertiary/aromatic N) is 2. The molecular weight excluding hydrogens is 314 g/mol. The van der Waals surface area contributed by atoms with Gasteiger partial charge in [0.15, 0.2) is 0 Å². The van der Waals surface area contributed by atoms with Gasteiger partial charge in [-0.3, -0.25) is 9.69 Å². The van der Waals surface area contributed by atoms with Crippen LogP contribution >= 0.6 is 11.3 Å². The Morgan fingerprint density at radius 3 is 3.26 bits per heavy atom. The Kier molecular flexibility index (Phi) is 5.99. The van der Waals surface area contributed by atoms with E-state index in [1.165, 1.54) is 0 Å². The quantitative estimate of drug-likeness (QED) is 0.787. The van der Waals surface area contributed by atoms with Gasteiger partial charge in [-0.25, -0.2) is 4.98 Å². The molecule has 7 heteroatoms. The van der Waals surface area contributed by atoms with Crippen molar-refractivity contribution in [1.29, 1.82) is 0 Å². The molecule has 0 radical (unpaired) electrons. The number of amides is 1. The molecule has 0 bridgehead atoms. The van der Waals surface area contributed by atoms with E-state index in [2.05, 4.69) is 15.2 Å². The van der Waals surface area contributed by atoms with E-state index in [0.29, 0.717) is 19.8 Å². The van der Waals surface area contributed by atoms with Gasteiger partial charge in [0.05, 0.1) is 19.3 Å². The van der Waals surface area contributed by atoms with Crippen LogP contribution in [-0.4, -0.2) is 61.9 Å². The Hall–Kier alpha value is -1.02. The normalized spacial score (nSPS) is 28.3. The maximum atomic E-state index is 12.5. The third kappa shape index (κ3) is 4.29. The zero-order chi connectivity index (χ0) is 16.1. The molecule has 2 aliphatic rings. The number of aromatic nitrogens is 1. The summed E-state index contributed by atoms with van der Waals surface area (Å²) in [5.41, 5.74) is 0. The molecule has 2 aliphatic heterocycles. The summed E-state index contributed by atoms with van der Waals surface area (Å²) < 4.78 is 10.9. The fourth-order valence-corrected chi connectivity index (χ4v) is 4.24. The first-order valence-corrected chi connectivity index (χ1v) is 9.15. The van der Waals surface area contributed by atoms with Crippen LogP contribution in [0.3, 0.4) is 0 Å². The Bertz CT molecular complexity index is 497. The Morgan fingerprint density at radius 2 is 2.48 bits per heavy atom. The van der Waals surface area contributed by atoms with Crippen molar-refractivity contribution in [2.45, 2.75) is 25.5 Å². The number of piperidine rings is 1. The number of rotatable bonds is 6. The van der Waals surface area contributed by atoms with E-state index < -0.39 is 0 Å². The number of thiazole rings is 1. The predicted octanol–water partition coefficient (Wildman–Crippen LogP) is 1.13. The van der Waals surface area contributed by atoms with Crippen molar-refractivity contribution in [2.75, 3.05) is 40.0 Å². The molecule has 1 aromatic rings. The average molecular weight is 339 g/mol. The van der Waals surface area contributed by atoms with Crippen molar-refractivity contribution >= 4 is 17.2 Å². The number of ether oxygens (including phenoxy) is 2. The van der Waals surface area contributed by atoms with Crippen molar-refractivity contribution in [3.05, 3.63) is 16.6 Å². The maximum absolute atomic E-state index is 12.5. The molecule has 1 aromatic heterocycles. The highest BCUT2D eigenvalue weighted by molar-refractivity contribution is 7.09. The van der Waals surface area contributed by atoms with E-state index in [1.54, 1.807) is 18.4 Å². The lowest BCUT2D eigenvalue weighted by atomic mass is 9.79. The molecule has 6 nitrogen and oxygen atoms in total.